The zero-order valence-corrected chi connectivity index (χ0v) is 24.5. The van der Waals surface area contributed by atoms with Crippen molar-refractivity contribution < 1.29 is 19.1 Å². The van der Waals surface area contributed by atoms with Crippen LogP contribution in [0.5, 0.6) is 11.5 Å². The molecule has 0 radical (unpaired) electrons. The fraction of sp³-hybridized carbons (Fsp3) is 0.667. The first-order valence-corrected chi connectivity index (χ1v) is 15.3. The summed E-state index contributed by atoms with van der Waals surface area (Å²) in [6.07, 6.45) is 24.1. The Morgan fingerprint density at radius 3 is 1.68 bits per heavy atom. The molecule has 0 unspecified atom stereocenters. The van der Waals surface area contributed by atoms with Gasteiger partial charge in [0, 0.05) is 25.4 Å². The lowest BCUT2D eigenvalue weighted by atomic mass is 9.97. The fourth-order valence-corrected chi connectivity index (χ4v) is 5.08. The van der Waals surface area contributed by atoms with Crippen LogP contribution in [0.15, 0.2) is 18.3 Å². The maximum Gasteiger partial charge on any atom is 0.308 e. The van der Waals surface area contributed by atoms with Crippen molar-refractivity contribution in [2.24, 2.45) is 0 Å². The summed E-state index contributed by atoms with van der Waals surface area (Å²) in [5, 5.41) is 0.997. The number of carbonyl (C=O) groups is 2. The summed E-state index contributed by atoms with van der Waals surface area (Å²) in [6, 6.07) is 4.08. The van der Waals surface area contributed by atoms with Crippen LogP contribution >= 0.6 is 0 Å². The second-order valence-corrected chi connectivity index (χ2v) is 10.7. The van der Waals surface area contributed by atoms with E-state index in [1.54, 1.807) is 0 Å². The van der Waals surface area contributed by atoms with E-state index in [4.69, 9.17) is 14.5 Å². The van der Waals surface area contributed by atoms with E-state index >= 15 is 0 Å². The van der Waals surface area contributed by atoms with Crippen molar-refractivity contribution in [1.29, 1.82) is 0 Å². The Bertz CT molecular complexity index is 985. The van der Waals surface area contributed by atoms with Gasteiger partial charge in [-0.15, -0.1) is 0 Å². The van der Waals surface area contributed by atoms with Crippen LogP contribution in [0.2, 0.25) is 0 Å². The molecule has 5 nitrogen and oxygen atoms in total. The smallest absolute Gasteiger partial charge is 0.308 e. The summed E-state index contributed by atoms with van der Waals surface area (Å²) in [5.74, 6) is -0.387. The number of carbonyl (C=O) groups excluding carboxylic acids is 2. The van der Waals surface area contributed by atoms with Crippen molar-refractivity contribution in [3.05, 3.63) is 29.5 Å². The van der Waals surface area contributed by atoms with Crippen LogP contribution in [-0.2, 0) is 22.4 Å². The van der Waals surface area contributed by atoms with Crippen molar-refractivity contribution in [2.45, 2.75) is 143 Å². The molecule has 2 rings (SSSR count). The summed E-state index contributed by atoms with van der Waals surface area (Å²) in [4.78, 5) is 28.4. The van der Waals surface area contributed by atoms with E-state index in [9.17, 15) is 9.59 Å². The molecule has 0 fully saturated rings. The molecule has 0 N–H and O–H groups in total. The third kappa shape index (κ3) is 12.0. The van der Waals surface area contributed by atoms with Crippen molar-refractivity contribution >= 4 is 22.8 Å². The van der Waals surface area contributed by atoms with Gasteiger partial charge in [0.2, 0.25) is 0 Å². The summed E-state index contributed by atoms with van der Waals surface area (Å²) in [5.41, 5.74) is 2.89. The summed E-state index contributed by atoms with van der Waals surface area (Å²) >= 11 is 0. The lowest BCUT2D eigenvalue weighted by Crippen LogP contribution is -2.09. The SMILES string of the molecule is CCCCCCCCCCc1cnc2c(OC(C)=O)c(OC(C)=O)cc(CCCCCCCCCC)c2c1. The number of aromatic nitrogens is 1. The molecule has 0 amide bonds. The van der Waals surface area contributed by atoms with E-state index in [1.165, 1.54) is 109 Å². The maximum absolute atomic E-state index is 11.9. The molecule has 2 aromatic rings. The predicted molar refractivity (Wildman–Crippen MR) is 157 cm³/mol. The summed E-state index contributed by atoms with van der Waals surface area (Å²) in [7, 11) is 0. The van der Waals surface area contributed by atoms with Crippen LogP contribution in [0.25, 0.3) is 10.9 Å². The number of aryl methyl sites for hydroxylation is 2. The van der Waals surface area contributed by atoms with Gasteiger partial charge >= 0.3 is 11.9 Å². The lowest BCUT2D eigenvalue weighted by Gasteiger charge is -2.16. The molecule has 5 heteroatoms. The van der Waals surface area contributed by atoms with Gasteiger partial charge in [-0.1, -0.05) is 104 Å². The molecule has 1 aromatic heterocycles. The largest absolute Gasteiger partial charge is 0.423 e. The summed E-state index contributed by atoms with van der Waals surface area (Å²) < 4.78 is 11.0. The number of nitrogens with zero attached hydrogens (tertiary/aromatic N) is 1. The molecule has 1 heterocycles. The molecule has 0 atom stereocenters. The highest BCUT2D eigenvalue weighted by Gasteiger charge is 2.19. The number of pyridine rings is 1. The van der Waals surface area contributed by atoms with E-state index < -0.39 is 11.9 Å². The highest BCUT2D eigenvalue weighted by atomic mass is 16.6. The Labute approximate surface area is 231 Å². The first-order chi connectivity index (χ1) is 18.5. The van der Waals surface area contributed by atoms with Gasteiger partial charge in [-0.05, 0) is 48.9 Å². The lowest BCUT2D eigenvalue weighted by molar-refractivity contribution is -0.134. The minimum Gasteiger partial charge on any atom is -0.423 e. The number of hydrogen-bond donors (Lipinski definition) is 0. The number of rotatable bonds is 20. The van der Waals surface area contributed by atoms with Crippen LogP contribution in [0, 0.1) is 0 Å². The molecule has 0 aliphatic rings. The molecule has 0 saturated heterocycles. The average molecular weight is 526 g/mol. The van der Waals surface area contributed by atoms with Crippen LogP contribution in [-0.4, -0.2) is 16.9 Å². The number of fused-ring (bicyclic) bond motifs is 1. The average Bonchev–Trinajstić information content (AvgIpc) is 2.88. The fourth-order valence-electron chi connectivity index (χ4n) is 5.08. The Morgan fingerprint density at radius 2 is 1.16 bits per heavy atom. The molecule has 212 valence electrons. The maximum atomic E-state index is 11.9. The highest BCUT2D eigenvalue weighted by Crippen LogP contribution is 2.38. The Balaban J connectivity index is 2.14. The van der Waals surface area contributed by atoms with E-state index in [0.29, 0.717) is 5.52 Å². The second-order valence-electron chi connectivity index (χ2n) is 10.7. The molecule has 0 aliphatic carbocycles. The molecule has 0 spiro atoms. The van der Waals surface area contributed by atoms with Crippen LogP contribution in [0.3, 0.4) is 0 Å². The minimum atomic E-state index is -0.458. The van der Waals surface area contributed by atoms with Crippen LogP contribution in [0.1, 0.15) is 142 Å². The van der Waals surface area contributed by atoms with Crippen molar-refractivity contribution in [3.8, 4) is 11.5 Å². The third-order valence-electron chi connectivity index (χ3n) is 7.15. The molecule has 0 saturated carbocycles. The zero-order valence-electron chi connectivity index (χ0n) is 24.5. The monoisotopic (exact) mass is 525 g/mol. The number of benzene rings is 1. The molecule has 1 aromatic carbocycles. The molecular weight excluding hydrogens is 474 g/mol. The number of unbranched alkanes of at least 4 members (excludes halogenated alkanes) is 14. The van der Waals surface area contributed by atoms with Crippen molar-refractivity contribution in [2.75, 3.05) is 0 Å². The van der Waals surface area contributed by atoms with Crippen molar-refractivity contribution in [3.63, 3.8) is 0 Å². The first kappa shape index (κ1) is 31.8. The van der Waals surface area contributed by atoms with Gasteiger partial charge < -0.3 is 9.47 Å². The van der Waals surface area contributed by atoms with Crippen molar-refractivity contribution in [1.82, 2.24) is 4.98 Å². The third-order valence-corrected chi connectivity index (χ3v) is 7.15. The quantitative estimate of drug-likeness (QED) is 0.0978. The predicted octanol–water partition coefficient (Wildman–Crippen LogP) is 9.45. The van der Waals surface area contributed by atoms with Gasteiger partial charge in [0.1, 0.15) is 5.52 Å². The van der Waals surface area contributed by atoms with E-state index in [2.05, 4.69) is 19.9 Å². The number of hydrogen-bond acceptors (Lipinski definition) is 5. The van der Waals surface area contributed by atoms with Gasteiger partial charge in [-0.25, -0.2) is 0 Å². The Morgan fingerprint density at radius 1 is 0.658 bits per heavy atom. The molecule has 0 aliphatic heterocycles. The van der Waals surface area contributed by atoms with Gasteiger partial charge in [0.15, 0.2) is 11.5 Å². The minimum absolute atomic E-state index is 0.237. The molecular formula is C33H51NO4. The van der Waals surface area contributed by atoms with Gasteiger partial charge in [0.25, 0.3) is 0 Å². The van der Waals surface area contributed by atoms with Gasteiger partial charge in [-0.2, -0.15) is 0 Å². The highest BCUT2D eigenvalue weighted by molar-refractivity contribution is 5.93. The van der Waals surface area contributed by atoms with E-state index in [0.717, 1.165) is 36.6 Å². The summed E-state index contributed by atoms with van der Waals surface area (Å²) in [6.45, 7) is 7.22. The normalized spacial score (nSPS) is 11.2. The van der Waals surface area contributed by atoms with Gasteiger partial charge in [-0.3, -0.25) is 14.6 Å². The van der Waals surface area contributed by atoms with Gasteiger partial charge in [0.05, 0.1) is 0 Å². The molecule has 0 bridgehead atoms. The zero-order chi connectivity index (χ0) is 27.6. The Kier molecular flexibility index (Phi) is 15.7. The topological polar surface area (TPSA) is 65.5 Å². The molecule has 38 heavy (non-hydrogen) atoms. The van der Waals surface area contributed by atoms with E-state index in [1.807, 2.05) is 12.3 Å². The number of ether oxygens (including phenoxy) is 2. The van der Waals surface area contributed by atoms with Crippen LogP contribution < -0.4 is 9.47 Å². The van der Waals surface area contributed by atoms with Crippen LogP contribution in [0.4, 0.5) is 0 Å². The Hall–Kier alpha value is -2.43. The first-order valence-electron chi connectivity index (χ1n) is 15.3. The number of esters is 2. The standard InChI is InChI=1S/C33H51NO4/c1-5-7-9-11-13-15-17-19-21-28-23-30-29(22-20-18-16-14-12-10-8-6-2)24-31(37-26(3)35)33(38-27(4)36)32(30)34-25-28/h23-25H,5-22H2,1-4H3. The second kappa shape index (κ2) is 18.8. The van der Waals surface area contributed by atoms with E-state index in [-0.39, 0.29) is 11.5 Å².